The fraction of sp³-hybridized carbons (Fsp3) is 0.170. The van der Waals surface area contributed by atoms with Gasteiger partial charge in [-0.25, -0.2) is 0 Å². The lowest BCUT2D eigenvalue weighted by atomic mass is 9.32. The van der Waals surface area contributed by atoms with Crippen molar-refractivity contribution in [2.45, 2.75) is 105 Å². The molecule has 0 bridgehead atoms. The zero-order chi connectivity index (χ0) is 68.7. The first-order chi connectivity index (χ1) is 48.1. The summed E-state index contributed by atoms with van der Waals surface area (Å²) in [5.74, 6) is 0. The van der Waals surface area contributed by atoms with Crippen LogP contribution in [0.3, 0.4) is 0 Å². The van der Waals surface area contributed by atoms with E-state index >= 15 is 0 Å². The number of benzene rings is 13. The first kappa shape index (κ1) is 62.7. The van der Waals surface area contributed by atoms with Crippen molar-refractivity contribution in [1.29, 1.82) is 0 Å². The zero-order valence-electron chi connectivity index (χ0n) is 59.7. The average Bonchev–Trinajstić information content (AvgIpc) is 0.697. The highest BCUT2D eigenvalue weighted by molar-refractivity contribution is 7.01. The second-order valence-electron chi connectivity index (χ2n) is 32.2. The summed E-state index contributed by atoms with van der Waals surface area (Å²) in [6, 6.07) is 111. The lowest BCUT2D eigenvalue weighted by Gasteiger charge is -2.45. The van der Waals surface area contributed by atoms with Crippen molar-refractivity contribution in [3.63, 3.8) is 0 Å². The Morgan fingerprint density at radius 2 is 0.540 bits per heavy atom. The SMILES string of the molecule is CC(C)(C)c1ccc2c(c1)c1cc(C(C)(C)C)ccc1n2-c1ccc2c(c1)N(c1ccc(-c3ccccc3)cc1)c1cc(B(c3ccccc3)c3ccccc3)cc3c1B2c1ccc(-n2c4ccc(C(C)(C)C)cc4c4cc(C(C)(C)C)ccc42)cc1N3c1ccc(-c2ccccc2)cc1. The summed E-state index contributed by atoms with van der Waals surface area (Å²) in [4.78, 5) is 5.24. The van der Waals surface area contributed by atoms with Gasteiger partial charge in [0.05, 0.1) is 22.1 Å². The maximum absolute atomic E-state index is 2.62. The molecule has 17 rings (SSSR count). The first-order valence-electron chi connectivity index (χ1n) is 35.8. The van der Waals surface area contributed by atoms with Gasteiger partial charge in [-0.3, -0.25) is 0 Å². The molecule has 0 aliphatic carbocycles. The third-order valence-corrected chi connectivity index (χ3v) is 21.6. The van der Waals surface area contributed by atoms with Crippen LogP contribution >= 0.6 is 0 Å². The highest BCUT2D eigenvalue weighted by Crippen LogP contribution is 2.48. The van der Waals surface area contributed by atoms with Crippen LogP contribution in [0.15, 0.2) is 291 Å². The molecule has 0 saturated carbocycles. The van der Waals surface area contributed by atoms with Gasteiger partial charge in [0.25, 0.3) is 6.71 Å². The van der Waals surface area contributed by atoms with Crippen molar-refractivity contribution in [2.75, 3.05) is 9.80 Å². The molecule has 0 N–H and O–H groups in total. The Kier molecular flexibility index (Phi) is 14.7. The van der Waals surface area contributed by atoms with Crippen LogP contribution in [0.2, 0.25) is 0 Å². The summed E-state index contributed by atoms with van der Waals surface area (Å²) in [7, 11) is 0. The lowest BCUT2D eigenvalue weighted by molar-refractivity contribution is 0.590. The minimum atomic E-state index is -0.178. The van der Waals surface area contributed by atoms with E-state index < -0.39 is 0 Å². The van der Waals surface area contributed by atoms with Gasteiger partial charge in [-0.05, 0) is 192 Å². The minimum Gasteiger partial charge on any atom is -0.311 e. The first-order valence-corrected chi connectivity index (χ1v) is 35.8. The molecule has 2 aliphatic rings. The third-order valence-electron chi connectivity index (χ3n) is 21.6. The summed E-state index contributed by atoms with van der Waals surface area (Å²) in [5.41, 5.74) is 31.1. The quantitative estimate of drug-likeness (QED) is 0.134. The van der Waals surface area contributed by atoms with E-state index in [2.05, 4.69) is 393 Å². The second-order valence-corrected chi connectivity index (χ2v) is 32.2. The molecule has 486 valence electrons. The summed E-state index contributed by atoms with van der Waals surface area (Å²) < 4.78 is 5.09. The standard InChI is InChI=1S/C94H84B2N4/c1-91(2,3)65-37-49-82-76(53-65)77-54-66(92(4,5)6)38-50-83(77)99(82)74-45-47-80-86(59-74)97(72-41-33-63(34-42-72)61-25-17-13-18-26-61)88-57-71(95(69-29-21-15-22-30-69)70-31-23-16-24-32-70)58-89-90(88)96(80)81-48-46-75(60-87(81)98(89)73-43-35-64(36-44-73)62-27-19-14-20-28-62)100-84-51-39-67(93(7,8)9)55-78(84)79-56-68(94(10,11)12)40-52-85(79)100/h13-60H,1-12H3. The molecule has 100 heavy (non-hydrogen) atoms. The second kappa shape index (κ2) is 23.4. The number of anilines is 6. The van der Waals surface area contributed by atoms with Crippen molar-refractivity contribution in [3.8, 4) is 33.6 Å². The Hall–Kier alpha value is -10.8. The maximum Gasteiger partial charge on any atom is 0.252 e. The van der Waals surface area contributed by atoms with Crippen molar-refractivity contribution in [1.82, 2.24) is 9.13 Å². The summed E-state index contributed by atoms with van der Waals surface area (Å²) >= 11 is 0. The fourth-order valence-electron chi connectivity index (χ4n) is 16.2. The van der Waals surface area contributed by atoms with Crippen LogP contribution in [0, 0.1) is 0 Å². The number of hydrogen-bond acceptors (Lipinski definition) is 2. The molecule has 0 radical (unpaired) electrons. The minimum absolute atomic E-state index is 0.0359. The molecule has 0 spiro atoms. The Labute approximate surface area is 591 Å². The normalized spacial score (nSPS) is 13.1. The molecule has 15 aromatic rings. The molecule has 13 aromatic carbocycles. The van der Waals surface area contributed by atoms with Gasteiger partial charge in [-0.2, -0.15) is 0 Å². The topological polar surface area (TPSA) is 16.3 Å². The molecule has 0 unspecified atom stereocenters. The molecule has 0 saturated heterocycles. The van der Waals surface area contributed by atoms with E-state index in [1.54, 1.807) is 0 Å². The Morgan fingerprint density at radius 1 is 0.250 bits per heavy atom. The van der Waals surface area contributed by atoms with Gasteiger partial charge in [0, 0.05) is 67.0 Å². The van der Waals surface area contributed by atoms with Crippen LogP contribution in [0.1, 0.15) is 105 Å². The van der Waals surface area contributed by atoms with Gasteiger partial charge in [-0.1, -0.05) is 281 Å². The molecule has 0 fully saturated rings. The number of aromatic nitrogens is 2. The maximum atomic E-state index is 2.62. The molecule has 4 nitrogen and oxygen atoms in total. The molecule has 2 aliphatic heterocycles. The Bertz CT molecular complexity index is 5190. The summed E-state index contributed by atoms with van der Waals surface area (Å²) in [5, 5.41) is 5.09. The third kappa shape index (κ3) is 10.6. The van der Waals surface area contributed by atoms with Crippen LogP contribution in [-0.2, 0) is 21.7 Å². The van der Waals surface area contributed by atoms with Gasteiger partial charge in [-0.15, -0.1) is 0 Å². The van der Waals surface area contributed by atoms with Crippen molar-refractivity contribution in [2.24, 2.45) is 0 Å². The number of nitrogens with zero attached hydrogens (tertiary/aromatic N) is 4. The van der Waals surface area contributed by atoms with E-state index in [1.807, 2.05) is 0 Å². The van der Waals surface area contributed by atoms with E-state index in [4.69, 9.17) is 0 Å². The van der Waals surface area contributed by atoms with Gasteiger partial charge < -0.3 is 18.9 Å². The van der Waals surface area contributed by atoms with Crippen molar-refractivity contribution in [3.05, 3.63) is 313 Å². The Balaban J connectivity index is 0.984. The van der Waals surface area contributed by atoms with Gasteiger partial charge in [0.2, 0.25) is 6.71 Å². The summed E-state index contributed by atoms with van der Waals surface area (Å²) in [6.07, 6.45) is 0. The molecular weight excluding hydrogens is 1210 g/mol. The highest BCUT2D eigenvalue weighted by Gasteiger charge is 2.45. The van der Waals surface area contributed by atoms with E-state index in [9.17, 15) is 0 Å². The highest BCUT2D eigenvalue weighted by atomic mass is 15.2. The largest absolute Gasteiger partial charge is 0.311 e. The number of rotatable bonds is 9. The molecule has 0 atom stereocenters. The van der Waals surface area contributed by atoms with Crippen molar-refractivity contribution < 1.29 is 0 Å². The van der Waals surface area contributed by atoms with E-state index in [1.165, 1.54) is 121 Å². The van der Waals surface area contributed by atoms with Crippen LogP contribution in [0.25, 0.3) is 77.2 Å². The van der Waals surface area contributed by atoms with Crippen molar-refractivity contribution >= 4 is 124 Å². The van der Waals surface area contributed by atoms with E-state index in [0.717, 1.165) is 45.5 Å². The molecule has 4 heterocycles. The monoisotopic (exact) mass is 1290 g/mol. The molecule has 6 heteroatoms. The average molecular weight is 1290 g/mol. The number of fused-ring (bicyclic) bond motifs is 10. The van der Waals surface area contributed by atoms with Crippen LogP contribution in [0.5, 0.6) is 0 Å². The molecular formula is C94H84B2N4. The van der Waals surface area contributed by atoms with Gasteiger partial charge >= 0.3 is 0 Å². The predicted octanol–water partition coefficient (Wildman–Crippen LogP) is 21.0. The smallest absolute Gasteiger partial charge is 0.252 e. The van der Waals surface area contributed by atoms with Crippen LogP contribution < -0.4 is 42.6 Å². The van der Waals surface area contributed by atoms with E-state index in [0.29, 0.717) is 0 Å². The number of hydrogen-bond donors (Lipinski definition) is 0. The lowest BCUT2D eigenvalue weighted by Crippen LogP contribution is -2.62. The predicted molar refractivity (Wildman–Crippen MR) is 432 cm³/mol. The molecule has 0 amide bonds. The van der Waals surface area contributed by atoms with Crippen LogP contribution in [0.4, 0.5) is 34.1 Å². The van der Waals surface area contributed by atoms with E-state index in [-0.39, 0.29) is 35.1 Å². The summed E-state index contributed by atoms with van der Waals surface area (Å²) in [6.45, 7) is 27.6. The fourth-order valence-corrected chi connectivity index (χ4v) is 16.2. The van der Waals surface area contributed by atoms with Gasteiger partial charge in [0.1, 0.15) is 0 Å². The molecule has 2 aromatic heterocycles. The van der Waals surface area contributed by atoms with Crippen LogP contribution in [-0.4, -0.2) is 22.6 Å². The zero-order valence-corrected chi connectivity index (χ0v) is 59.7. The Morgan fingerprint density at radius 3 is 0.850 bits per heavy atom. The van der Waals surface area contributed by atoms with Gasteiger partial charge in [0.15, 0.2) is 0 Å².